The molecule has 0 aromatic heterocycles. The van der Waals surface area contributed by atoms with Crippen molar-refractivity contribution in [2.75, 3.05) is 28.4 Å². The second kappa shape index (κ2) is 79.3. The molecular weight excluding hydrogens is 2420 g/mol. The van der Waals surface area contributed by atoms with Crippen LogP contribution in [0, 0.1) is 122 Å². The molecule has 0 spiro atoms. The first kappa shape index (κ1) is 131. The van der Waals surface area contributed by atoms with Crippen molar-refractivity contribution in [3.05, 3.63) is 122 Å². The minimum absolute atomic E-state index is 0. The van der Waals surface area contributed by atoms with Gasteiger partial charge in [-0.15, -0.1) is 0 Å². The van der Waals surface area contributed by atoms with Gasteiger partial charge in [0.05, 0.1) is 28.6 Å². The fraction of sp³-hybridized carbons (Fsp3) is 0.273. The quantitative estimate of drug-likeness (QED) is 0.0645. The molecule has 4 radical (unpaired) electrons. The molecule has 0 heterocycles. The molecule has 548 valence electrons. The summed E-state index contributed by atoms with van der Waals surface area (Å²) in [5.41, 5.74) is 0. The standard InChI is InChI=1S/4C6F4I2.8C2H4O2.4CH4O.4Cu/c4*7-1-2(8)6(12)4(10)3(9)5(1)11;8*1-2(3)4;4*1-2;;;;/h;;;;8*1H3,(H,3,4);4*2H,1H3;;;;/q;;;;;;;;;;;;;;;;4*+2/p-8. The van der Waals surface area contributed by atoms with Crippen LogP contribution in [0.15, 0.2) is 0 Å². The molecule has 48 heteroatoms. The fourth-order valence-corrected chi connectivity index (χ4v) is 6.10. The van der Waals surface area contributed by atoms with Gasteiger partial charge in [-0.1, -0.05) is 0 Å². The van der Waals surface area contributed by atoms with Crippen molar-refractivity contribution >= 4 is 228 Å². The third-order valence-corrected chi connectivity index (χ3v) is 12.2. The van der Waals surface area contributed by atoms with Crippen molar-refractivity contribution in [3.63, 3.8) is 0 Å². The third-order valence-electron chi connectivity index (χ3n) is 4.62. The maximum absolute atomic E-state index is 12.6. The van der Waals surface area contributed by atoms with Gasteiger partial charge in [-0.05, 0) is 236 Å². The Kier molecular flexibility index (Phi) is 113. The molecule has 0 fully saturated rings. The first-order valence-electron chi connectivity index (χ1n) is 19.6. The molecule has 0 aliphatic carbocycles. The minimum atomic E-state index is -1.35. The number of carbonyl (C=O) groups excluding carboxylic acids is 8. The van der Waals surface area contributed by atoms with Crippen LogP contribution in [0.1, 0.15) is 55.4 Å². The molecule has 0 atom stereocenters. The number of aliphatic hydroxyl groups excluding tert-OH is 4. The van der Waals surface area contributed by atoms with Crippen LogP contribution < -0.4 is 40.9 Å². The number of carbonyl (C=O) groups is 8. The Balaban J connectivity index is -0.0000000498. The van der Waals surface area contributed by atoms with E-state index in [-0.39, 0.29) is 68.3 Å². The molecule has 0 saturated carbocycles. The van der Waals surface area contributed by atoms with Crippen LogP contribution in [0.2, 0.25) is 0 Å². The normalized spacial score (nSPS) is 7.91. The molecule has 20 nitrogen and oxygen atoms in total. The van der Waals surface area contributed by atoms with E-state index in [4.69, 9.17) is 99.6 Å². The largest absolute Gasteiger partial charge is 2.00 e. The van der Waals surface area contributed by atoms with Crippen molar-refractivity contribution in [2.45, 2.75) is 55.4 Å². The minimum Gasteiger partial charge on any atom is -0.550 e. The zero-order valence-corrected chi connectivity index (χ0v) is 67.6. The number of carboxylic acid groups (broad SMARTS) is 8. The van der Waals surface area contributed by atoms with E-state index >= 15 is 0 Å². The van der Waals surface area contributed by atoms with Crippen LogP contribution >= 0.6 is 181 Å². The Morgan fingerprint density at radius 2 is 0.217 bits per heavy atom. The molecule has 0 unspecified atom stereocenters. The summed E-state index contributed by atoms with van der Waals surface area (Å²) < 4.78 is 197. The van der Waals surface area contributed by atoms with Gasteiger partial charge in [0.2, 0.25) is 0 Å². The summed E-state index contributed by atoms with van der Waals surface area (Å²) in [6, 6.07) is 0. The maximum Gasteiger partial charge on any atom is 2.00 e. The molecular formula is C44H40Cu4F16I8O20. The Hall–Kier alpha value is -0.722. The van der Waals surface area contributed by atoms with E-state index in [1.54, 1.807) is 0 Å². The molecule has 0 aliphatic rings. The second-order valence-corrected chi connectivity index (χ2v) is 20.1. The molecule has 0 bridgehead atoms. The number of halogens is 24. The number of hydrogen-bond acceptors (Lipinski definition) is 20. The summed E-state index contributed by atoms with van der Waals surface area (Å²) in [4.78, 5) is 71.1. The second-order valence-electron chi connectivity index (χ2n) is 11.5. The van der Waals surface area contributed by atoms with Gasteiger partial charge in [-0.2, -0.15) is 0 Å². The van der Waals surface area contributed by atoms with Gasteiger partial charge >= 0.3 is 68.3 Å². The number of aliphatic carboxylic acids is 8. The first-order chi connectivity index (χ1) is 39.7. The van der Waals surface area contributed by atoms with Gasteiger partial charge in [0.25, 0.3) is 0 Å². The van der Waals surface area contributed by atoms with Crippen LogP contribution in [0.4, 0.5) is 70.2 Å². The van der Waals surface area contributed by atoms with Gasteiger partial charge in [0.1, 0.15) is 0 Å². The van der Waals surface area contributed by atoms with Gasteiger partial charge in [-0.3, -0.25) is 0 Å². The van der Waals surface area contributed by atoms with E-state index in [0.717, 1.165) is 83.8 Å². The number of benzene rings is 4. The SMILES string of the molecule is CC(=O)[O-].CC(=O)[O-].CC(=O)[O-].CC(=O)[O-].CC(=O)[O-].CC(=O)[O-].CC(=O)[O-].CC(=O)[O-].CO.CO.CO.CO.Fc1c(F)c(I)c(F)c(F)c1I.Fc1c(F)c(I)c(F)c(F)c1I.Fc1c(F)c(I)c(F)c(F)c1I.Fc1c(F)c(I)c(F)c(F)c1I.[Cu+2].[Cu+2].[Cu+2].[Cu+2]. The summed E-state index contributed by atoms with van der Waals surface area (Å²) in [6.07, 6.45) is 0. The molecule has 0 saturated heterocycles. The van der Waals surface area contributed by atoms with Crippen molar-refractivity contribution in [3.8, 4) is 0 Å². The Morgan fingerprint density at radius 3 is 0.239 bits per heavy atom. The zero-order valence-electron chi connectivity index (χ0n) is 46.6. The van der Waals surface area contributed by atoms with E-state index < -0.39 is 169 Å². The smallest absolute Gasteiger partial charge is 0.550 e. The topological polar surface area (TPSA) is 402 Å². The monoisotopic (exact) mass is 2460 g/mol. The summed E-state index contributed by atoms with van der Waals surface area (Å²) in [5.74, 6) is -30.2. The molecule has 4 aromatic carbocycles. The van der Waals surface area contributed by atoms with Crippen LogP contribution in [0.3, 0.4) is 0 Å². The molecule has 4 rings (SSSR count). The number of hydrogen-bond donors (Lipinski definition) is 4. The van der Waals surface area contributed by atoms with Gasteiger partial charge < -0.3 is 99.6 Å². The van der Waals surface area contributed by atoms with Gasteiger partial charge in [0, 0.05) is 76.2 Å². The summed E-state index contributed by atoms with van der Waals surface area (Å²) in [5, 5.41) is 99.1. The Bertz CT molecular complexity index is 1940. The average Bonchev–Trinajstić information content (AvgIpc) is 3.42. The van der Waals surface area contributed by atoms with Gasteiger partial charge in [-0.25, -0.2) is 70.2 Å². The zero-order chi connectivity index (χ0) is 74.5. The number of carboxylic acids is 8. The Morgan fingerprint density at radius 1 is 0.196 bits per heavy atom. The van der Waals surface area contributed by atoms with E-state index in [1.165, 1.54) is 181 Å². The van der Waals surface area contributed by atoms with Crippen LogP contribution in [0.25, 0.3) is 0 Å². The molecule has 4 aromatic rings. The van der Waals surface area contributed by atoms with Crippen molar-refractivity contribution in [1.82, 2.24) is 0 Å². The summed E-state index contributed by atoms with van der Waals surface area (Å²) >= 11 is 9.63. The predicted octanol–water partition coefficient (Wildman–Crippen LogP) is 2.28. The molecule has 92 heavy (non-hydrogen) atoms. The molecule has 0 amide bonds. The average molecular weight is 2460 g/mol. The maximum atomic E-state index is 12.6. The van der Waals surface area contributed by atoms with Crippen molar-refractivity contribution in [1.29, 1.82) is 0 Å². The van der Waals surface area contributed by atoms with E-state index in [9.17, 15) is 70.2 Å². The molecule has 4 N–H and O–H groups in total. The number of rotatable bonds is 0. The van der Waals surface area contributed by atoms with Crippen LogP contribution in [-0.4, -0.2) is 96.6 Å². The van der Waals surface area contributed by atoms with E-state index in [1.807, 2.05) is 0 Å². The summed E-state index contributed by atoms with van der Waals surface area (Å²) in [6.45, 7) is 7.78. The number of aliphatic hydroxyl groups is 4. The third kappa shape index (κ3) is 76.6. The van der Waals surface area contributed by atoms with Crippen molar-refractivity contribution < 1.29 is 238 Å². The predicted molar refractivity (Wildman–Crippen MR) is 325 cm³/mol. The van der Waals surface area contributed by atoms with Crippen LogP contribution in [-0.2, 0) is 107 Å². The van der Waals surface area contributed by atoms with Crippen LogP contribution in [0.5, 0.6) is 0 Å². The van der Waals surface area contributed by atoms with Crippen molar-refractivity contribution in [2.24, 2.45) is 0 Å². The van der Waals surface area contributed by atoms with E-state index in [0.29, 0.717) is 0 Å². The Labute approximate surface area is 663 Å². The van der Waals surface area contributed by atoms with E-state index in [2.05, 4.69) is 0 Å². The first-order valence-corrected chi connectivity index (χ1v) is 28.2. The fourth-order valence-electron chi connectivity index (χ4n) is 2.31. The van der Waals surface area contributed by atoms with Gasteiger partial charge in [0.15, 0.2) is 93.1 Å². The summed E-state index contributed by atoms with van der Waals surface area (Å²) in [7, 11) is 4.00. The molecule has 0 aliphatic heterocycles.